The van der Waals surface area contributed by atoms with Crippen LogP contribution in [0.2, 0.25) is 0 Å². The van der Waals surface area contributed by atoms with Crippen LogP contribution in [0.25, 0.3) is 21.9 Å². The van der Waals surface area contributed by atoms with Gasteiger partial charge in [-0.2, -0.15) is 0 Å². The van der Waals surface area contributed by atoms with E-state index < -0.39 is 5.63 Å². The number of para-hydroxylation sites is 1. The van der Waals surface area contributed by atoms with E-state index in [4.69, 9.17) is 9.15 Å². The minimum atomic E-state index is -0.542. The van der Waals surface area contributed by atoms with Gasteiger partial charge in [-0.25, -0.2) is 4.79 Å². The summed E-state index contributed by atoms with van der Waals surface area (Å²) in [4.78, 5) is 30.7. The molecule has 0 fully saturated rings. The van der Waals surface area contributed by atoms with Gasteiger partial charge in [0.05, 0.1) is 12.2 Å². The van der Waals surface area contributed by atoms with Crippen LogP contribution in [0.3, 0.4) is 0 Å². The lowest BCUT2D eigenvalue weighted by atomic mass is 10.0. The molecular formula is C23H20N2O4. The van der Waals surface area contributed by atoms with E-state index in [0.717, 1.165) is 22.9 Å². The molecule has 5 rings (SSSR count). The number of nitrogens with one attached hydrogen (secondary N) is 1. The van der Waals surface area contributed by atoms with Crippen LogP contribution in [0.15, 0.2) is 57.7 Å². The van der Waals surface area contributed by atoms with E-state index >= 15 is 0 Å². The minimum absolute atomic E-state index is 0.164. The molecule has 0 spiro atoms. The SMILES string of the molecule is CCOc1ccc2c(C(=O)N3CCc4[nH]c5ccccc5c4C3)cc(=O)oc2c1. The predicted octanol–water partition coefficient (Wildman–Crippen LogP) is 3.87. The number of fused-ring (bicyclic) bond motifs is 4. The van der Waals surface area contributed by atoms with Crippen molar-refractivity contribution in [3.63, 3.8) is 0 Å². The second-order valence-electron chi connectivity index (χ2n) is 7.17. The molecule has 146 valence electrons. The number of benzene rings is 2. The van der Waals surface area contributed by atoms with E-state index in [1.807, 2.05) is 25.1 Å². The zero-order chi connectivity index (χ0) is 20.0. The van der Waals surface area contributed by atoms with Crippen molar-refractivity contribution < 1.29 is 13.9 Å². The molecule has 6 nitrogen and oxygen atoms in total. The molecule has 0 aliphatic carbocycles. The topological polar surface area (TPSA) is 75.5 Å². The molecule has 6 heteroatoms. The molecule has 4 aromatic rings. The van der Waals surface area contributed by atoms with Crippen molar-refractivity contribution in [3.8, 4) is 5.75 Å². The smallest absolute Gasteiger partial charge is 0.337 e. The van der Waals surface area contributed by atoms with Gasteiger partial charge in [-0.1, -0.05) is 18.2 Å². The molecular weight excluding hydrogens is 368 g/mol. The first kappa shape index (κ1) is 17.6. The Morgan fingerprint density at radius 3 is 2.90 bits per heavy atom. The summed E-state index contributed by atoms with van der Waals surface area (Å²) in [7, 11) is 0. The summed E-state index contributed by atoms with van der Waals surface area (Å²) >= 11 is 0. The summed E-state index contributed by atoms with van der Waals surface area (Å²) in [6.07, 6.45) is 0.754. The van der Waals surface area contributed by atoms with E-state index in [2.05, 4.69) is 11.1 Å². The zero-order valence-electron chi connectivity index (χ0n) is 16.0. The Hall–Kier alpha value is -3.54. The molecule has 1 amide bonds. The lowest BCUT2D eigenvalue weighted by Gasteiger charge is -2.27. The van der Waals surface area contributed by atoms with Crippen molar-refractivity contribution in [2.75, 3.05) is 13.2 Å². The standard InChI is InChI=1S/C23H20N2O4/c1-2-28-14-7-8-16-17(12-22(26)29-21(16)11-14)23(27)25-10-9-20-18(13-25)15-5-3-4-6-19(15)24-20/h3-8,11-12,24H,2,9-10,13H2,1H3. The number of aromatic amines is 1. The van der Waals surface area contributed by atoms with E-state index in [0.29, 0.717) is 42.0 Å². The molecule has 2 aromatic heterocycles. The van der Waals surface area contributed by atoms with Crippen molar-refractivity contribution in [3.05, 3.63) is 75.8 Å². The number of hydrogen-bond donors (Lipinski definition) is 1. The van der Waals surface area contributed by atoms with Crippen molar-refractivity contribution in [1.82, 2.24) is 9.88 Å². The third kappa shape index (κ3) is 2.97. The fraction of sp³-hybridized carbons (Fsp3) is 0.217. The third-order valence-electron chi connectivity index (χ3n) is 5.43. The summed E-state index contributed by atoms with van der Waals surface area (Å²) in [5.74, 6) is 0.442. The quantitative estimate of drug-likeness (QED) is 0.541. The summed E-state index contributed by atoms with van der Waals surface area (Å²) < 4.78 is 10.8. The molecule has 0 unspecified atom stereocenters. The number of nitrogens with zero attached hydrogens (tertiary/aromatic N) is 1. The Bertz CT molecular complexity index is 1300. The Morgan fingerprint density at radius 1 is 1.17 bits per heavy atom. The van der Waals surface area contributed by atoms with E-state index in [1.165, 1.54) is 11.8 Å². The van der Waals surface area contributed by atoms with Gasteiger partial charge in [0.25, 0.3) is 5.91 Å². The number of ether oxygens (including phenoxy) is 1. The van der Waals surface area contributed by atoms with Crippen LogP contribution >= 0.6 is 0 Å². The zero-order valence-corrected chi connectivity index (χ0v) is 16.0. The van der Waals surface area contributed by atoms with Gasteiger partial charge in [-0.3, -0.25) is 4.79 Å². The average Bonchev–Trinajstić information content (AvgIpc) is 3.10. The maximum atomic E-state index is 13.3. The Kier molecular flexibility index (Phi) is 4.12. The molecule has 29 heavy (non-hydrogen) atoms. The Morgan fingerprint density at radius 2 is 2.03 bits per heavy atom. The first-order valence-electron chi connectivity index (χ1n) is 9.72. The number of hydrogen-bond acceptors (Lipinski definition) is 4. The van der Waals surface area contributed by atoms with Gasteiger partial charge < -0.3 is 19.0 Å². The first-order valence-corrected chi connectivity index (χ1v) is 9.72. The van der Waals surface area contributed by atoms with E-state index in [1.54, 1.807) is 23.1 Å². The fourth-order valence-electron chi connectivity index (χ4n) is 4.09. The Labute approximate surface area is 166 Å². The van der Waals surface area contributed by atoms with Gasteiger partial charge >= 0.3 is 5.63 Å². The predicted molar refractivity (Wildman–Crippen MR) is 110 cm³/mol. The number of carbonyl (C=O) groups is 1. The van der Waals surface area contributed by atoms with E-state index in [-0.39, 0.29) is 5.91 Å². The van der Waals surface area contributed by atoms with Gasteiger partial charge in [-0.05, 0) is 25.1 Å². The molecule has 3 heterocycles. The van der Waals surface area contributed by atoms with Crippen molar-refractivity contribution in [2.24, 2.45) is 0 Å². The van der Waals surface area contributed by atoms with Crippen LogP contribution in [0, 0.1) is 0 Å². The lowest BCUT2D eigenvalue weighted by Crippen LogP contribution is -2.36. The molecule has 0 atom stereocenters. The van der Waals surface area contributed by atoms with Crippen LogP contribution < -0.4 is 10.4 Å². The molecule has 0 bridgehead atoms. The number of aromatic nitrogens is 1. The molecule has 0 saturated carbocycles. The number of carbonyl (C=O) groups excluding carboxylic acids is 1. The van der Waals surface area contributed by atoms with Gasteiger partial charge in [0, 0.05) is 59.2 Å². The monoisotopic (exact) mass is 388 g/mol. The summed E-state index contributed by atoms with van der Waals surface area (Å²) in [5, 5.41) is 1.75. The second-order valence-corrected chi connectivity index (χ2v) is 7.17. The van der Waals surface area contributed by atoms with Crippen LogP contribution in [0.5, 0.6) is 5.75 Å². The van der Waals surface area contributed by atoms with Gasteiger partial charge in [0.15, 0.2) is 0 Å². The highest BCUT2D eigenvalue weighted by molar-refractivity contribution is 6.06. The Balaban J connectivity index is 1.54. The van der Waals surface area contributed by atoms with Crippen LogP contribution in [-0.2, 0) is 13.0 Å². The van der Waals surface area contributed by atoms with Crippen molar-refractivity contribution in [2.45, 2.75) is 19.9 Å². The molecule has 1 aliphatic rings. The summed E-state index contributed by atoms with van der Waals surface area (Å²) in [5.41, 5.74) is 3.58. The molecule has 2 aromatic carbocycles. The largest absolute Gasteiger partial charge is 0.494 e. The average molecular weight is 388 g/mol. The second kappa shape index (κ2) is 6.81. The highest BCUT2D eigenvalue weighted by atomic mass is 16.5. The van der Waals surface area contributed by atoms with Crippen LogP contribution in [0.1, 0.15) is 28.5 Å². The molecule has 1 N–H and O–H groups in total. The normalized spacial score (nSPS) is 13.6. The molecule has 0 saturated heterocycles. The maximum absolute atomic E-state index is 13.3. The van der Waals surface area contributed by atoms with E-state index in [9.17, 15) is 9.59 Å². The van der Waals surface area contributed by atoms with Gasteiger partial charge in [0.1, 0.15) is 11.3 Å². The number of amides is 1. The molecule has 0 radical (unpaired) electrons. The van der Waals surface area contributed by atoms with Crippen molar-refractivity contribution in [1.29, 1.82) is 0 Å². The third-order valence-corrected chi connectivity index (χ3v) is 5.43. The lowest BCUT2D eigenvalue weighted by molar-refractivity contribution is 0.0736. The first-order chi connectivity index (χ1) is 14.1. The van der Waals surface area contributed by atoms with Crippen LogP contribution in [-0.4, -0.2) is 28.9 Å². The molecule has 1 aliphatic heterocycles. The number of H-pyrrole nitrogens is 1. The van der Waals surface area contributed by atoms with Crippen LogP contribution in [0.4, 0.5) is 0 Å². The highest BCUT2D eigenvalue weighted by Crippen LogP contribution is 2.29. The van der Waals surface area contributed by atoms with Gasteiger partial charge in [0.2, 0.25) is 0 Å². The summed E-state index contributed by atoms with van der Waals surface area (Å²) in [6.45, 7) is 3.50. The van der Waals surface area contributed by atoms with Crippen molar-refractivity contribution >= 4 is 27.8 Å². The highest BCUT2D eigenvalue weighted by Gasteiger charge is 2.26. The maximum Gasteiger partial charge on any atom is 0.337 e. The number of rotatable bonds is 3. The fourth-order valence-corrected chi connectivity index (χ4v) is 4.09. The summed E-state index contributed by atoms with van der Waals surface area (Å²) in [6, 6.07) is 14.6. The minimum Gasteiger partial charge on any atom is -0.494 e. The van der Waals surface area contributed by atoms with Gasteiger partial charge in [-0.15, -0.1) is 0 Å².